The summed E-state index contributed by atoms with van der Waals surface area (Å²) in [6.45, 7) is 5.44. The molecule has 0 aliphatic rings. The van der Waals surface area contributed by atoms with Gasteiger partial charge in [-0.1, -0.05) is 25.8 Å². The number of aliphatic carboxylic acids is 2. The van der Waals surface area contributed by atoms with Crippen LogP contribution in [0.2, 0.25) is 0 Å². The van der Waals surface area contributed by atoms with Crippen molar-refractivity contribution in [3.63, 3.8) is 0 Å². The summed E-state index contributed by atoms with van der Waals surface area (Å²) < 4.78 is 0. The fraction of sp³-hybridized carbons (Fsp3) is 0.600. The van der Waals surface area contributed by atoms with Crippen LogP contribution in [0.1, 0.15) is 26.2 Å². The van der Waals surface area contributed by atoms with Crippen LogP contribution in [0.5, 0.6) is 0 Å². The first-order valence-corrected chi connectivity index (χ1v) is 4.62. The maximum Gasteiger partial charge on any atom is 0.318 e. The number of carbonyl (C=O) groups is 2. The standard InChI is InChI=1S/C10H16O4/c1-3-5-6-7(4-2)8(9(11)12)10(13)14/h4,7-8H,2-3,5-6H2,1H3,(H,11,12)(H,13,14). The molecular weight excluding hydrogens is 184 g/mol. The zero-order chi connectivity index (χ0) is 11.1. The molecule has 0 spiro atoms. The third kappa shape index (κ3) is 3.60. The molecule has 0 radical (unpaired) electrons. The summed E-state index contributed by atoms with van der Waals surface area (Å²) >= 11 is 0. The molecule has 1 unspecified atom stereocenters. The molecule has 0 aliphatic carbocycles. The van der Waals surface area contributed by atoms with E-state index < -0.39 is 23.8 Å². The fourth-order valence-electron chi connectivity index (χ4n) is 1.33. The molecule has 4 heteroatoms. The Labute approximate surface area is 83.2 Å². The molecule has 0 aromatic heterocycles. The van der Waals surface area contributed by atoms with Gasteiger partial charge < -0.3 is 10.2 Å². The molecule has 0 aromatic rings. The number of rotatable bonds is 7. The van der Waals surface area contributed by atoms with Gasteiger partial charge >= 0.3 is 11.9 Å². The van der Waals surface area contributed by atoms with E-state index in [1.165, 1.54) is 6.08 Å². The molecule has 2 N–H and O–H groups in total. The molecule has 0 saturated heterocycles. The molecule has 0 bridgehead atoms. The second kappa shape index (κ2) is 6.18. The molecule has 1 atom stereocenters. The molecule has 14 heavy (non-hydrogen) atoms. The Hall–Kier alpha value is -1.32. The van der Waals surface area contributed by atoms with E-state index in [1.807, 2.05) is 6.92 Å². The Kier molecular flexibility index (Phi) is 5.60. The first-order valence-electron chi connectivity index (χ1n) is 4.62. The van der Waals surface area contributed by atoms with Crippen LogP contribution < -0.4 is 0 Å². The molecule has 0 saturated carbocycles. The normalized spacial score (nSPS) is 12.4. The molecule has 0 heterocycles. The van der Waals surface area contributed by atoms with Crippen LogP contribution in [0, 0.1) is 11.8 Å². The summed E-state index contributed by atoms with van der Waals surface area (Å²) in [5.41, 5.74) is 0. The minimum absolute atomic E-state index is 0.482. The molecule has 0 rings (SSSR count). The average Bonchev–Trinajstić information content (AvgIpc) is 2.10. The number of unbranched alkanes of at least 4 members (excludes halogenated alkanes) is 1. The lowest BCUT2D eigenvalue weighted by Gasteiger charge is -2.16. The van der Waals surface area contributed by atoms with E-state index in [2.05, 4.69) is 6.58 Å². The van der Waals surface area contributed by atoms with E-state index in [0.717, 1.165) is 12.8 Å². The SMILES string of the molecule is C=CC(CCCC)C(C(=O)O)C(=O)O. The highest BCUT2D eigenvalue weighted by atomic mass is 16.4. The third-order valence-electron chi connectivity index (χ3n) is 2.15. The van der Waals surface area contributed by atoms with Crippen molar-refractivity contribution in [2.75, 3.05) is 0 Å². The van der Waals surface area contributed by atoms with Crippen molar-refractivity contribution in [2.24, 2.45) is 11.8 Å². The van der Waals surface area contributed by atoms with Crippen LogP contribution >= 0.6 is 0 Å². The summed E-state index contributed by atoms with van der Waals surface area (Å²) in [7, 11) is 0. The van der Waals surface area contributed by atoms with Crippen molar-refractivity contribution < 1.29 is 19.8 Å². The van der Waals surface area contributed by atoms with E-state index in [1.54, 1.807) is 0 Å². The Balaban J connectivity index is 4.50. The van der Waals surface area contributed by atoms with E-state index in [9.17, 15) is 9.59 Å². The number of carboxylic acids is 2. The fourth-order valence-corrected chi connectivity index (χ4v) is 1.33. The Bertz CT molecular complexity index is 208. The molecule has 0 amide bonds. The second-order valence-electron chi connectivity index (χ2n) is 3.20. The van der Waals surface area contributed by atoms with E-state index >= 15 is 0 Å². The van der Waals surface area contributed by atoms with Gasteiger partial charge in [-0.05, 0) is 6.42 Å². The largest absolute Gasteiger partial charge is 0.481 e. The highest BCUT2D eigenvalue weighted by Gasteiger charge is 2.32. The number of allylic oxidation sites excluding steroid dienone is 1. The zero-order valence-corrected chi connectivity index (χ0v) is 8.27. The lowest BCUT2D eigenvalue weighted by molar-refractivity contribution is -0.156. The number of hydrogen-bond acceptors (Lipinski definition) is 2. The van der Waals surface area contributed by atoms with Crippen LogP contribution in [0.4, 0.5) is 0 Å². The van der Waals surface area contributed by atoms with Crippen molar-refractivity contribution >= 4 is 11.9 Å². The molecule has 4 nitrogen and oxygen atoms in total. The molecular formula is C10H16O4. The van der Waals surface area contributed by atoms with Crippen LogP contribution in [0.25, 0.3) is 0 Å². The average molecular weight is 200 g/mol. The Morgan fingerprint density at radius 2 is 1.86 bits per heavy atom. The van der Waals surface area contributed by atoms with Crippen molar-refractivity contribution in [1.29, 1.82) is 0 Å². The van der Waals surface area contributed by atoms with Gasteiger partial charge in [-0.25, -0.2) is 0 Å². The summed E-state index contributed by atoms with van der Waals surface area (Å²) in [6.07, 6.45) is 3.70. The Morgan fingerprint density at radius 1 is 1.36 bits per heavy atom. The summed E-state index contributed by atoms with van der Waals surface area (Å²) in [5.74, 6) is -4.43. The maximum atomic E-state index is 10.7. The summed E-state index contributed by atoms with van der Waals surface area (Å²) in [4.78, 5) is 21.4. The minimum Gasteiger partial charge on any atom is -0.481 e. The first-order chi connectivity index (χ1) is 6.54. The first kappa shape index (κ1) is 12.7. The van der Waals surface area contributed by atoms with Crippen LogP contribution in [-0.2, 0) is 9.59 Å². The van der Waals surface area contributed by atoms with Gasteiger partial charge in [-0.3, -0.25) is 9.59 Å². The third-order valence-corrected chi connectivity index (χ3v) is 2.15. The number of carboxylic acid groups (broad SMARTS) is 2. The smallest absolute Gasteiger partial charge is 0.318 e. The van der Waals surface area contributed by atoms with Gasteiger partial charge in [-0.15, -0.1) is 6.58 Å². The highest BCUT2D eigenvalue weighted by Crippen LogP contribution is 2.20. The van der Waals surface area contributed by atoms with Gasteiger partial charge in [0.2, 0.25) is 0 Å². The predicted octanol–water partition coefficient (Wildman–Crippen LogP) is 1.76. The molecule has 0 fully saturated rings. The van der Waals surface area contributed by atoms with Gasteiger partial charge in [0.15, 0.2) is 5.92 Å². The zero-order valence-electron chi connectivity index (χ0n) is 8.27. The Morgan fingerprint density at radius 3 is 2.14 bits per heavy atom. The van der Waals surface area contributed by atoms with E-state index in [0.29, 0.717) is 6.42 Å². The molecule has 80 valence electrons. The van der Waals surface area contributed by atoms with Crippen LogP contribution in [-0.4, -0.2) is 22.2 Å². The van der Waals surface area contributed by atoms with Crippen molar-refractivity contribution in [1.82, 2.24) is 0 Å². The highest BCUT2D eigenvalue weighted by molar-refractivity contribution is 5.93. The lowest BCUT2D eigenvalue weighted by Crippen LogP contribution is -2.30. The molecule has 0 aliphatic heterocycles. The molecule has 0 aromatic carbocycles. The second-order valence-corrected chi connectivity index (χ2v) is 3.20. The van der Waals surface area contributed by atoms with Crippen molar-refractivity contribution in [2.45, 2.75) is 26.2 Å². The van der Waals surface area contributed by atoms with Gasteiger partial charge in [0, 0.05) is 5.92 Å². The summed E-state index contributed by atoms with van der Waals surface area (Å²) in [6, 6.07) is 0. The maximum absolute atomic E-state index is 10.7. The van der Waals surface area contributed by atoms with Gasteiger partial charge in [-0.2, -0.15) is 0 Å². The number of hydrogen-bond donors (Lipinski definition) is 2. The topological polar surface area (TPSA) is 74.6 Å². The monoisotopic (exact) mass is 200 g/mol. The van der Waals surface area contributed by atoms with Gasteiger partial charge in [0.1, 0.15) is 0 Å². The van der Waals surface area contributed by atoms with Crippen molar-refractivity contribution in [3.8, 4) is 0 Å². The minimum atomic E-state index is -1.36. The van der Waals surface area contributed by atoms with Gasteiger partial charge in [0.05, 0.1) is 0 Å². The quantitative estimate of drug-likeness (QED) is 0.485. The lowest BCUT2D eigenvalue weighted by atomic mass is 9.88. The van der Waals surface area contributed by atoms with E-state index in [-0.39, 0.29) is 0 Å². The van der Waals surface area contributed by atoms with Gasteiger partial charge in [0.25, 0.3) is 0 Å². The van der Waals surface area contributed by atoms with Crippen LogP contribution in [0.3, 0.4) is 0 Å². The van der Waals surface area contributed by atoms with Crippen molar-refractivity contribution in [3.05, 3.63) is 12.7 Å². The summed E-state index contributed by atoms with van der Waals surface area (Å²) in [5, 5.41) is 17.4. The predicted molar refractivity (Wildman–Crippen MR) is 52.0 cm³/mol. The van der Waals surface area contributed by atoms with E-state index in [4.69, 9.17) is 10.2 Å². The van der Waals surface area contributed by atoms with Crippen LogP contribution in [0.15, 0.2) is 12.7 Å².